The first-order valence-electron chi connectivity index (χ1n) is 10.3. The van der Waals surface area contributed by atoms with Gasteiger partial charge in [-0.15, -0.1) is 0 Å². The normalized spacial score (nSPS) is 16.8. The van der Waals surface area contributed by atoms with Gasteiger partial charge in [-0.05, 0) is 50.3 Å². The molecule has 3 nitrogen and oxygen atoms in total. The Bertz CT molecular complexity index is 693. The van der Waals surface area contributed by atoms with E-state index in [-0.39, 0.29) is 5.91 Å². The summed E-state index contributed by atoms with van der Waals surface area (Å²) in [6.45, 7) is 6.52. The van der Waals surface area contributed by atoms with Crippen molar-refractivity contribution in [1.82, 2.24) is 4.90 Å². The van der Waals surface area contributed by atoms with Gasteiger partial charge in [0.2, 0.25) is 5.91 Å². The maximum atomic E-state index is 12.8. The minimum absolute atomic E-state index is 0.263. The molecule has 0 unspecified atom stereocenters. The summed E-state index contributed by atoms with van der Waals surface area (Å²) in [5.41, 5.74) is 2.45. The highest BCUT2D eigenvalue weighted by molar-refractivity contribution is 5.93. The SMILES string of the molecule is CCCC(=O)N(c1ccccc1)C1CCN([C@H](C)Cc2ccccc2)CC1. The number of carbonyl (C=O) groups is 1. The topological polar surface area (TPSA) is 23.6 Å². The Morgan fingerprint density at radius 2 is 1.63 bits per heavy atom. The van der Waals surface area contributed by atoms with Gasteiger partial charge >= 0.3 is 0 Å². The van der Waals surface area contributed by atoms with Crippen LogP contribution in [0.5, 0.6) is 0 Å². The second-order valence-electron chi connectivity index (χ2n) is 7.66. The second-order valence-corrected chi connectivity index (χ2v) is 7.66. The van der Waals surface area contributed by atoms with Crippen LogP contribution in [-0.2, 0) is 11.2 Å². The molecule has 144 valence electrons. The highest BCUT2D eigenvalue weighted by Gasteiger charge is 2.30. The molecule has 1 heterocycles. The lowest BCUT2D eigenvalue weighted by atomic mass is 9.98. The summed E-state index contributed by atoms with van der Waals surface area (Å²) < 4.78 is 0. The fourth-order valence-corrected chi connectivity index (χ4v) is 4.15. The molecule has 0 N–H and O–H groups in total. The Labute approximate surface area is 164 Å². The zero-order valence-corrected chi connectivity index (χ0v) is 16.7. The van der Waals surface area contributed by atoms with Crippen molar-refractivity contribution >= 4 is 11.6 Å². The van der Waals surface area contributed by atoms with Gasteiger partial charge in [0.05, 0.1) is 0 Å². The van der Waals surface area contributed by atoms with Crippen LogP contribution in [0.2, 0.25) is 0 Å². The van der Waals surface area contributed by atoms with Crippen LogP contribution in [0.1, 0.15) is 45.1 Å². The van der Waals surface area contributed by atoms with Gasteiger partial charge in [0.1, 0.15) is 0 Å². The van der Waals surface area contributed by atoms with Crippen molar-refractivity contribution < 1.29 is 4.79 Å². The van der Waals surface area contributed by atoms with Crippen molar-refractivity contribution in [3.05, 3.63) is 66.2 Å². The van der Waals surface area contributed by atoms with Gasteiger partial charge in [0, 0.05) is 37.3 Å². The van der Waals surface area contributed by atoms with Gasteiger partial charge < -0.3 is 9.80 Å². The molecule has 3 rings (SSSR count). The number of piperidine rings is 1. The first-order chi connectivity index (χ1) is 13.2. The lowest BCUT2D eigenvalue weighted by Crippen LogP contribution is -2.50. The fraction of sp³-hybridized carbons (Fsp3) is 0.458. The average molecular weight is 365 g/mol. The number of rotatable bonds is 7. The van der Waals surface area contributed by atoms with Crippen LogP contribution < -0.4 is 4.90 Å². The Morgan fingerprint density at radius 3 is 2.22 bits per heavy atom. The van der Waals surface area contributed by atoms with E-state index in [0.29, 0.717) is 18.5 Å². The predicted molar refractivity (Wildman–Crippen MR) is 113 cm³/mol. The summed E-state index contributed by atoms with van der Waals surface area (Å²) >= 11 is 0. The molecule has 0 aliphatic carbocycles. The molecule has 1 fully saturated rings. The van der Waals surface area contributed by atoms with Gasteiger partial charge in [-0.2, -0.15) is 0 Å². The summed E-state index contributed by atoms with van der Waals surface area (Å²) in [6.07, 6.45) is 4.70. The van der Waals surface area contributed by atoms with Crippen molar-refractivity contribution in [2.75, 3.05) is 18.0 Å². The second kappa shape index (κ2) is 9.70. The van der Waals surface area contributed by atoms with E-state index in [1.165, 1.54) is 5.56 Å². The van der Waals surface area contributed by atoms with Crippen LogP contribution >= 0.6 is 0 Å². The largest absolute Gasteiger partial charge is 0.309 e. The molecule has 1 aliphatic rings. The Kier molecular flexibility index (Phi) is 7.05. The third-order valence-electron chi connectivity index (χ3n) is 5.63. The standard InChI is InChI=1S/C24H32N2O/c1-3-10-24(27)26(22-13-8-5-9-14-22)23-15-17-25(18-16-23)20(2)19-21-11-6-4-7-12-21/h4-9,11-14,20,23H,3,10,15-19H2,1-2H3/t20-/m1/s1. The molecule has 1 atom stereocenters. The maximum absolute atomic E-state index is 12.8. The Balaban J connectivity index is 1.62. The predicted octanol–water partition coefficient (Wildman–Crippen LogP) is 4.92. The number of para-hydroxylation sites is 1. The van der Waals surface area contributed by atoms with E-state index in [0.717, 1.165) is 44.5 Å². The number of amides is 1. The molecule has 0 spiro atoms. The Morgan fingerprint density at radius 1 is 1.04 bits per heavy atom. The van der Waals surface area contributed by atoms with Crippen molar-refractivity contribution in [1.29, 1.82) is 0 Å². The minimum Gasteiger partial charge on any atom is -0.309 e. The number of carbonyl (C=O) groups excluding carboxylic acids is 1. The summed E-state index contributed by atoms with van der Waals surface area (Å²) in [5, 5.41) is 0. The summed E-state index contributed by atoms with van der Waals surface area (Å²) in [7, 11) is 0. The number of anilines is 1. The number of nitrogens with zero attached hydrogens (tertiary/aromatic N) is 2. The molecular formula is C24H32N2O. The van der Waals surface area contributed by atoms with Crippen LogP contribution in [0.4, 0.5) is 5.69 Å². The van der Waals surface area contributed by atoms with Gasteiger partial charge in [-0.3, -0.25) is 4.79 Å². The first kappa shape index (κ1) is 19.6. The smallest absolute Gasteiger partial charge is 0.227 e. The van der Waals surface area contributed by atoms with Crippen LogP contribution in [-0.4, -0.2) is 36.0 Å². The molecule has 1 saturated heterocycles. The van der Waals surface area contributed by atoms with Crippen molar-refractivity contribution in [3.8, 4) is 0 Å². The van der Waals surface area contributed by atoms with Gasteiger partial charge in [-0.25, -0.2) is 0 Å². The number of benzene rings is 2. The quantitative estimate of drug-likeness (QED) is 0.696. The van der Waals surface area contributed by atoms with Crippen LogP contribution in [0.25, 0.3) is 0 Å². The maximum Gasteiger partial charge on any atom is 0.227 e. The monoisotopic (exact) mass is 364 g/mol. The third-order valence-corrected chi connectivity index (χ3v) is 5.63. The number of hydrogen-bond acceptors (Lipinski definition) is 2. The minimum atomic E-state index is 0.263. The highest BCUT2D eigenvalue weighted by Crippen LogP contribution is 2.26. The van der Waals surface area contributed by atoms with E-state index in [2.05, 4.69) is 66.1 Å². The van der Waals surface area contributed by atoms with Gasteiger partial charge in [0.15, 0.2) is 0 Å². The van der Waals surface area contributed by atoms with Crippen molar-refractivity contribution in [2.24, 2.45) is 0 Å². The van der Waals surface area contributed by atoms with Gasteiger partial charge in [-0.1, -0.05) is 55.5 Å². The summed E-state index contributed by atoms with van der Waals surface area (Å²) in [4.78, 5) is 17.5. The zero-order valence-electron chi connectivity index (χ0n) is 16.7. The molecule has 1 amide bonds. The average Bonchev–Trinajstić information content (AvgIpc) is 2.70. The lowest BCUT2D eigenvalue weighted by molar-refractivity contribution is -0.119. The lowest BCUT2D eigenvalue weighted by Gasteiger charge is -2.41. The van der Waals surface area contributed by atoms with E-state index in [4.69, 9.17) is 0 Å². The molecule has 1 aliphatic heterocycles. The molecular weight excluding hydrogens is 332 g/mol. The molecule has 27 heavy (non-hydrogen) atoms. The molecule has 0 aromatic heterocycles. The van der Waals surface area contributed by atoms with Crippen molar-refractivity contribution in [2.45, 2.75) is 58.0 Å². The van der Waals surface area contributed by atoms with Gasteiger partial charge in [0.25, 0.3) is 0 Å². The highest BCUT2D eigenvalue weighted by atomic mass is 16.2. The van der Waals surface area contributed by atoms with E-state index in [1.807, 2.05) is 18.2 Å². The zero-order chi connectivity index (χ0) is 19.1. The summed E-state index contributed by atoms with van der Waals surface area (Å²) in [6, 6.07) is 21.8. The number of likely N-dealkylation sites (tertiary alicyclic amines) is 1. The molecule has 2 aromatic rings. The summed E-state index contributed by atoms with van der Waals surface area (Å²) in [5.74, 6) is 0.263. The van der Waals surface area contributed by atoms with Crippen LogP contribution in [0.15, 0.2) is 60.7 Å². The van der Waals surface area contributed by atoms with E-state index in [9.17, 15) is 4.79 Å². The third kappa shape index (κ3) is 5.20. The molecule has 0 bridgehead atoms. The molecule has 2 aromatic carbocycles. The molecule has 0 saturated carbocycles. The first-order valence-corrected chi connectivity index (χ1v) is 10.3. The van der Waals surface area contributed by atoms with Crippen LogP contribution in [0, 0.1) is 0 Å². The van der Waals surface area contributed by atoms with E-state index >= 15 is 0 Å². The van der Waals surface area contributed by atoms with E-state index < -0.39 is 0 Å². The van der Waals surface area contributed by atoms with Crippen LogP contribution in [0.3, 0.4) is 0 Å². The Hall–Kier alpha value is -2.13. The van der Waals surface area contributed by atoms with E-state index in [1.54, 1.807) is 0 Å². The fourth-order valence-electron chi connectivity index (χ4n) is 4.15. The number of hydrogen-bond donors (Lipinski definition) is 0. The van der Waals surface area contributed by atoms with Crippen molar-refractivity contribution in [3.63, 3.8) is 0 Å². The molecule has 3 heteroatoms. The molecule has 0 radical (unpaired) electrons.